The summed E-state index contributed by atoms with van der Waals surface area (Å²) in [6.45, 7) is 0.263. The van der Waals surface area contributed by atoms with E-state index in [4.69, 9.17) is 9.47 Å². The normalized spacial score (nSPS) is 12.3. The number of thioether (sulfide) groups is 1. The van der Waals surface area contributed by atoms with Crippen LogP contribution in [0.3, 0.4) is 0 Å². The number of nitrogens with one attached hydrogen (secondary N) is 2. The number of carbonyl (C=O) groups excluding carboxylic acids is 1. The van der Waals surface area contributed by atoms with Crippen molar-refractivity contribution in [3.63, 3.8) is 0 Å². The minimum Gasteiger partial charge on any atom is -0.497 e. The largest absolute Gasteiger partial charge is 0.497 e. The van der Waals surface area contributed by atoms with Crippen molar-refractivity contribution in [2.24, 2.45) is 0 Å². The highest BCUT2D eigenvalue weighted by Gasteiger charge is 2.27. The van der Waals surface area contributed by atoms with Crippen LogP contribution in [-0.4, -0.2) is 53.1 Å². The number of halogens is 1. The van der Waals surface area contributed by atoms with Crippen molar-refractivity contribution < 1.29 is 27.1 Å². The lowest BCUT2D eigenvalue weighted by molar-refractivity contribution is -0.122. The Bertz CT molecular complexity index is 985. The minimum absolute atomic E-state index is 0.263. The average Bonchev–Trinajstić information content (AvgIpc) is 2.76. The third-order valence-electron chi connectivity index (χ3n) is 4.53. The van der Waals surface area contributed by atoms with Gasteiger partial charge in [0.15, 0.2) is 0 Å². The van der Waals surface area contributed by atoms with Crippen molar-refractivity contribution in [2.45, 2.75) is 23.8 Å². The topological polar surface area (TPSA) is 93.7 Å². The minimum atomic E-state index is -4.19. The van der Waals surface area contributed by atoms with E-state index in [0.29, 0.717) is 23.7 Å². The van der Waals surface area contributed by atoms with E-state index in [2.05, 4.69) is 10.0 Å². The van der Waals surface area contributed by atoms with Gasteiger partial charge in [-0.2, -0.15) is 16.5 Å². The molecule has 10 heteroatoms. The summed E-state index contributed by atoms with van der Waals surface area (Å²) in [6, 6.07) is 9.40. The Hall–Kier alpha value is -2.30. The number of methoxy groups -OCH3 is 2. The number of sulfonamides is 1. The van der Waals surface area contributed by atoms with Crippen LogP contribution in [0.4, 0.5) is 4.39 Å². The Morgan fingerprint density at radius 3 is 2.55 bits per heavy atom. The van der Waals surface area contributed by atoms with Crippen LogP contribution in [0.1, 0.15) is 12.0 Å². The van der Waals surface area contributed by atoms with E-state index in [1.165, 1.54) is 23.9 Å². The second-order valence-corrected chi connectivity index (χ2v) is 9.27. The van der Waals surface area contributed by atoms with E-state index in [9.17, 15) is 17.6 Å². The number of benzene rings is 2. The molecular formula is C21H27FN2O5S2. The Morgan fingerprint density at radius 2 is 1.90 bits per heavy atom. The quantitative estimate of drug-likeness (QED) is 0.495. The van der Waals surface area contributed by atoms with Crippen molar-refractivity contribution in [3.8, 4) is 11.5 Å². The number of ether oxygens (including phenoxy) is 2. The van der Waals surface area contributed by atoms with Crippen molar-refractivity contribution in [2.75, 3.05) is 32.8 Å². The van der Waals surface area contributed by atoms with Gasteiger partial charge < -0.3 is 14.8 Å². The van der Waals surface area contributed by atoms with Crippen LogP contribution < -0.4 is 19.5 Å². The molecular weight excluding hydrogens is 443 g/mol. The lowest BCUT2D eigenvalue weighted by atomic mass is 10.1. The van der Waals surface area contributed by atoms with Crippen molar-refractivity contribution in [3.05, 3.63) is 53.8 Å². The third-order valence-corrected chi connectivity index (χ3v) is 6.68. The van der Waals surface area contributed by atoms with Gasteiger partial charge in [0, 0.05) is 6.54 Å². The van der Waals surface area contributed by atoms with Crippen molar-refractivity contribution in [1.82, 2.24) is 10.0 Å². The maximum atomic E-state index is 14.0. The van der Waals surface area contributed by atoms with E-state index < -0.39 is 32.7 Å². The molecule has 0 spiro atoms. The Kier molecular flexibility index (Phi) is 9.60. The monoisotopic (exact) mass is 470 g/mol. The first-order valence-corrected chi connectivity index (χ1v) is 12.4. The van der Waals surface area contributed by atoms with Gasteiger partial charge in [-0.25, -0.2) is 12.8 Å². The number of hydrogen-bond donors (Lipinski definition) is 2. The van der Waals surface area contributed by atoms with Gasteiger partial charge in [0.05, 0.1) is 14.2 Å². The molecule has 7 nitrogen and oxygen atoms in total. The summed E-state index contributed by atoms with van der Waals surface area (Å²) in [6.07, 6.45) is 2.58. The molecule has 0 saturated heterocycles. The number of hydrogen-bond acceptors (Lipinski definition) is 6. The first-order valence-electron chi connectivity index (χ1n) is 9.56. The molecule has 1 atom stereocenters. The van der Waals surface area contributed by atoms with Crippen LogP contribution in [0.2, 0.25) is 0 Å². The van der Waals surface area contributed by atoms with E-state index in [1.54, 1.807) is 26.4 Å². The molecule has 1 amide bonds. The second kappa shape index (κ2) is 11.9. The highest BCUT2D eigenvalue weighted by molar-refractivity contribution is 7.98. The molecule has 2 aromatic rings. The Balaban J connectivity index is 2.07. The summed E-state index contributed by atoms with van der Waals surface area (Å²) < 4.78 is 52.1. The molecule has 0 radical (unpaired) electrons. The molecule has 0 heterocycles. The summed E-state index contributed by atoms with van der Waals surface area (Å²) in [5.41, 5.74) is 0.842. The van der Waals surface area contributed by atoms with Gasteiger partial charge in [0.25, 0.3) is 0 Å². The zero-order valence-electron chi connectivity index (χ0n) is 17.7. The van der Waals surface area contributed by atoms with Gasteiger partial charge in [0.1, 0.15) is 28.3 Å². The van der Waals surface area contributed by atoms with Crippen LogP contribution in [-0.2, 0) is 21.2 Å². The van der Waals surface area contributed by atoms with Gasteiger partial charge in [-0.1, -0.05) is 12.1 Å². The molecule has 2 aromatic carbocycles. The summed E-state index contributed by atoms with van der Waals surface area (Å²) >= 11 is 1.48. The molecule has 1 unspecified atom stereocenters. The van der Waals surface area contributed by atoms with Gasteiger partial charge in [-0.05, 0) is 60.7 Å². The molecule has 0 saturated carbocycles. The summed E-state index contributed by atoms with van der Waals surface area (Å²) in [4.78, 5) is 12.2. The van der Waals surface area contributed by atoms with Crippen LogP contribution >= 0.6 is 11.8 Å². The predicted octanol–water partition coefficient (Wildman–Crippen LogP) is 2.60. The van der Waals surface area contributed by atoms with Gasteiger partial charge in [-0.15, -0.1) is 0 Å². The molecule has 31 heavy (non-hydrogen) atoms. The number of amides is 1. The molecule has 0 aliphatic carbocycles. The maximum Gasteiger partial charge on any atom is 0.244 e. The fraction of sp³-hybridized carbons (Fsp3) is 0.381. The van der Waals surface area contributed by atoms with Gasteiger partial charge in [0.2, 0.25) is 15.9 Å². The Labute approximate surface area is 186 Å². The third kappa shape index (κ3) is 7.12. The lowest BCUT2D eigenvalue weighted by Crippen LogP contribution is -2.47. The zero-order chi connectivity index (χ0) is 22.9. The van der Waals surface area contributed by atoms with Gasteiger partial charge in [-0.3, -0.25) is 4.79 Å². The highest BCUT2D eigenvalue weighted by Crippen LogP contribution is 2.24. The molecule has 0 aliphatic rings. The van der Waals surface area contributed by atoms with Crippen molar-refractivity contribution >= 4 is 27.7 Å². The fourth-order valence-corrected chi connectivity index (χ4v) is 4.69. The molecule has 0 fully saturated rings. The Morgan fingerprint density at radius 1 is 1.16 bits per heavy atom. The fourth-order valence-electron chi connectivity index (χ4n) is 2.91. The smallest absolute Gasteiger partial charge is 0.244 e. The number of carbonyl (C=O) groups is 1. The first kappa shape index (κ1) is 25.0. The SMILES string of the molecule is COc1ccc(OC)c(CCNC(=O)C(CCSC)NS(=O)(=O)c2ccccc2F)c1. The van der Waals surface area contributed by atoms with E-state index in [1.807, 2.05) is 12.3 Å². The first-order chi connectivity index (χ1) is 14.8. The molecule has 2 rings (SSSR count). The van der Waals surface area contributed by atoms with E-state index in [-0.39, 0.29) is 13.0 Å². The predicted molar refractivity (Wildman–Crippen MR) is 120 cm³/mol. The summed E-state index contributed by atoms with van der Waals surface area (Å²) in [5.74, 6) is 0.536. The molecule has 2 N–H and O–H groups in total. The standard InChI is InChI=1S/C21H27FN2O5S2/c1-28-16-8-9-19(29-2)15(14-16)10-12-23-21(25)18(11-13-30-3)24-31(26,27)20-7-5-4-6-17(20)22/h4-9,14,18,24H,10-13H2,1-3H3,(H,23,25). The van der Waals surface area contributed by atoms with Crippen LogP contribution in [0, 0.1) is 5.82 Å². The maximum absolute atomic E-state index is 14.0. The van der Waals surface area contributed by atoms with E-state index >= 15 is 0 Å². The molecule has 0 aromatic heterocycles. The molecule has 0 aliphatic heterocycles. The van der Waals surface area contributed by atoms with Crippen LogP contribution in [0.25, 0.3) is 0 Å². The van der Waals surface area contributed by atoms with Crippen molar-refractivity contribution in [1.29, 1.82) is 0 Å². The molecule has 170 valence electrons. The number of rotatable bonds is 12. The van der Waals surface area contributed by atoms with Crippen LogP contribution in [0.5, 0.6) is 11.5 Å². The lowest BCUT2D eigenvalue weighted by Gasteiger charge is -2.19. The average molecular weight is 471 g/mol. The van der Waals surface area contributed by atoms with E-state index in [0.717, 1.165) is 17.7 Å². The second-order valence-electron chi connectivity index (χ2n) is 6.60. The highest BCUT2D eigenvalue weighted by atomic mass is 32.2. The van der Waals surface area contributed by atoms with Gasteiger partial charge >= 0.3 is 0 Å². The van der Waals surface area contributed by atoms with Crippen LogP contribution in [0.15, 0.2) is 47.4 Å². The summed E-state index contributed by atoms with van der Waals surface area (Å²) in [5, 5.41) is 2.75. The molecule has 0 bridgehead atoms. The zero-order valence-corrected chi connectivity index (χ0v) is 19.3. The summed E-state index contributed by atoms with van der Waals surface area (Å²) in [7, 11) is -1.08.